The van der Waals surface area contributed by atoms with E-state index >= 15 is 0 Å². The zero-order chi connectivity index (χ0) is 13.1. The Balaban J connectivity index is 2.24. The van der Waals surface area contributed by atoms with Crippen molar-refractivity contribution in [1.82, 2.24) is 0 Å². The highest BCUT2D eigenvalue weighted by molar-refractivity contribution is 6.33. The molecule has 0 aliphatic carbocycles. The Bertz CT molecular complexity index is 537. The van der Waals surface area contributed by atoms with Crippen molar-refractivity contribution in [1.29, 1.82) is 0 Å². The fraction of sp³-hybridized carbons (Fsp3) is 0.143. The quantitative estimate of drug-likeness (QED) is 0.805. The maximum absolute atomic E-state index is 13.6. The number of hydrogen-bond donors (Lipinski definition) is 1. The molecule has 1 unspecified atom stereocenters. The molecule has 0 saturated heterocycles. The summed E-state index contributed by atoms with van der Waals surface area (Å²) >= 11 is 11.9. The predicted molar refractivity (Wildman–Crippen MR) is 74.9 cm³/mol. The molecule has 0 amide bonds. The van der Waals surface area contributed by atoms with Gasteiger partial charge < -0.3 is 5.32 Å². The average molecular weight is 284 g/mol. The molecular weight excluding hydrogens is 272 g/mol. The van der Waals surface area contributed by atoms with Crippen molar-refractivity contribution in [3.63, 3.8) is 0 Å². The van der Waals surface area contributed by atoms with Crippen molar-refractivity contribution in [3.05, 3.63) is 63.9 Å². The Morgan fingerprint density at radius 1 is 1.11 bits per heavy atom. The van der Waals surface area contributed by atoms with Crippen LogP contribution < -0.4 is 5.32 Å². The smallest absolute Gasteiger partial charge is 0.147 e. The number of benzene rings is 2. The monoisotopic (exact) mass is 283 g/mol. The minimum atomic E-state index is -0.364. The molecule has 18 heavy (non-hydrogen) atoms. The molecule has 0 heterocycles. The predicted octanol–water partition coefficient (Wildman–Crippen LogP) is 5.31. The lowest BCUT2D eigenvalue weighted by atomic mass is 10.1. The maximum Gasteiger partial charge on any atom is 0.147 e. The summed E-state index contributed by atoms with van der Waals surface area (Å²) in [6, 6.07) is 11.9. The van der Waals surface area contributed by atoms with Crippen LogP contribution in [-0.2, 0) is 0 Å². The molecule has 1 nitrogen and oxygen atoms in total. The summed E-state index contributed by atoms with van der Waals surface area (Å²) < 4.78 is 13.6. The zero-order valence-electron chi connectivity index (χ0n) is 9.75. The van der Waals surface area contributed by atoms with Gasteiger partial charge in [0, 0.05) is 11.1 Å². The third-order valence-electron chi connectivity index (χ3n) is 2.67. The van der Waals surface area contributed by atoms with Crippen molar-refractivity contribution in [2.24, 2.45) is 0 Å². The van der Waals surface area contributed by atoms with Gasteiger partial charge in [-0.15, -0.1) is 0 Å². The molecular formula is C14H12Cl2FN. The normalized spacial score (nSPS) is 12.2. The summed E-state index contributed by atoms with van der Waals surface area (Å²) in [7, 11) is 0. The van der Waals surface area contributed by atoms with Gasteiger partial charge in [-0.25, -0.2) is 4.39 Å². The standard InChI is InChI=1S/C14H12Cl2FN/c1-9(10-4-2-5-11(15)8-10)18-14-12(16)6-3-7-13(14)17/h2-9,18H,1H3. The summed E-state index contributed by atoms with van der Waals surface area (Å²) in [4.78, 5) is 0. The van der Waals surface area contributed by atoms with Gasteiger partial charge in [-0.3, -0.25) is 0 Å². The summed E-state index contributed by atoms with van der Waals surface area (Å²) in [6.07, 6.45) is 0. The van der Waals surface area contributed by atoms with Crippen LogP contribution in [0.4, 0.5) is 10.1 Å². The van der Waals surface area contributed by atoms with Gasteiger partial charge in [0.25, 0.3) is 0 Å². The number of hydrogen-bond acceptors (Lipinski definition) is 1. The Hall–Kier alpha value is -1.25. The highest BCUT2D eigenvalue weighted by atomic mass is 35.5. The fourth-order valence-electron chi connectivity index (χ4n) is 1.71. The minimum absolute atomic E-state index is 0.0851. The molecule has 0 aliphatic rings. The second-order valence-electron chi connectivity index (χ2n) is 4.02. The van der Waals surface area contributed by atoms with Crippen LogP contribution in [0.25, 0.3) is 0 Å². The van der Waals surface area contributed by atoms with Gasteiger partial charge >= 0.3 is 0 Å². The van der Waals surface area contributed by atoms with Crippen LogP contribution in [0.1, 0.15) is 18.5 Å². The summed E-state index contributed by atoms with van der Waals surface area (Å²) in [5.74, 6) is -0.364. The Labute approximate surface area is 116 Å². The first-order chi connectivity index (χ1) is 8.58. The van der Waals surface area contributed by atoms with Crippen LogP contribution in [0.5, 0.6) is 0 Å². The molecule has 0 bridgehead atoms. The first-order valence-electron chi connectivity index (χ1n) is 5.54. The van der Waals surface area contributed by atoms with E-state index in [1.807, 2.05) is 25.1 Å². The first-order valence-corrected chi connectivity index (χ1v) is 6.29. The molecule has 0 radical (unpaired) electrons. The lowest BCUT2D eigenvalue weighted by Crippen LogP contribution is -2.08. The van der Waals surface area contributed by atoms with Crippen LogP contribution in [0, 0.1) is 5.82 Å². The van der Waals surface area contributed by atoms with Crippen LogP contribution in [0.3, 0.4) is 0 Å². The van der Waals surface area contributed by atoms with Gasteiger partial charge in [0.15, 0.2) is 0 Å². The van der Waals surface area contributed by atoms with Crippen LogP contribution >= 0.6 is 23.2 Å². The fourth-order valence-corrected chi connectivity index (χ4v) is 2.13. The van der Waals surface area contributed by atoms with Crippen molar-refractivity contribution >= 4 is 28.9 Å². The Morgan fingerprint density at radius 2 is 1.83 bits per heavy atom. The van der Waals surface area contributed by atoms with Crippen molar-refractivity contribution in [3.8, 4) is 0 Å². The van der Waals surface area contributed by atoms with E-state index in [1.165, 1.54) is 6.07 Å². The van der Waals surface area contributed by atoms with E-state index in [-0.39, 0.29) is 11.9 Å². The first kappa shape index (κ1) is 13.2. The van der Waals surface area contributed by atoms with E-state index in [0.29, 0.717) is 15.7 Å². The number of nitrogens with one attached hydrogen (secondary N) is 1. The third-order valence-corrected chi connectivity index (χ3v) is 3.22. The second kappa shape index (κ2) is 5.59. The van der Waals surface area contributed by atoms with E-state index in [1.54, 1.807) is 18.2 Å². The van der Waals surface area contributed by atoms with Gasteiger partial charge in [-0.2, -0.15) is 0 Å². The summed E-state index contributed by atoms with van der Waals surface area (Å²) in [6.45, 7) is 1.93. The number of para-hydroxylation sites is 1. The molecule has 0 fully saturated rings. The topological polar surface area (TPSA) is 12.0 Å². The Morgan fingerprint density at radius 3 is 2.50 bits per heavy atom. The van der Waals surface area contributed by atoms with Gasteiger partial charge in [0.2, 0.25) is 0 Å². The maximum atomic E-state index is 13.6. The van der Waals surface area contributed by atoms with Crippen molar-refractivity contribution in [2.45, 2.75) is 13.0 Å². The zero-order valence-corrected chi connectivity index (χ0v) is 11.3. The van der Waals surface area contributed by atoms with E-state index in [2.05, 4.69) is 5.32 Å². The lowest BCUT2D eigenvalue weighted by molar-refractivity contribution is 0.627. The van der Waals surface area contributed by atoms with Gasteiger partial charge in [-0.05, 0) is 36.8 Å². The highest BCUT2D eigenvalue weighted by Gasteiger charge is 2.11. The van der Waals surface area contributed by atoms with Crippen molar-refractivity contribution < 1.29 is 4.39 Å². The Kier molecular flexibility index (Phi) is 4.10. The summed E-state index contributed by atoms with van der Waals surface area (Å²) in [5.41, 5.74) is 1.29. The van der Waals surface area contributed by atoms with Gasteiger partial charge in [0.1, 0.15) is 5.82 Å². The van der Waals surface area contributed by atoms with Crippen LogP contribution in [0.15, 0.2) is 42.5 Å². The van der Waals surface area contributed by atoms with Gasteiger partial charge in [-0.1, -0.05) is 41.4 Å². The number of anilines is 1. The third kappa shape index (κ3) is 2.95. The molecule has 1 N–H and O–H groups in total. The molecule has 1 atom stereocenters. The lowest BCUT2D eigenvalue weighted by Gasteiger charge is -2.17. The molecule has 4 heteroatoms. The highest BCUT2D eigenvalue weighted by Crippen LogP contribution is 2.29. The molecule has 0 aliphatic heterocycles. The van der Waals surface area contributed by atoms with E-state index in [4.69, 9.17) is 23.2 Å². The van der Waals surface area contributed by atoms with E-state index in [0.717, 1.165) is 5.56 Å². The molecule has 2 aromatic rings. The molecule has 94 valence electrons. The molecule has 2 aromatic carbocycles. The van der Waals surface area contributed by atoms with E-state index in [9.17, 15) is 4.39 Å². The molecule has 0 saturated carbocycles. The molecule has 0 spiro atoms. The largest absolute Gasteiger partial charge is 0.375 e. The molecule has 2 rings (SSSR count). The average Bonchev–Trinajstić information content (AvgIpc) is 2.34. The van der Waals surface area contributed by atoms with Gasteiger partial charge in [0.05, 0.1) is 10.7 Å². The van der Waals surface area contributed by atoms with Crippen molar-refractivity contribution in [2.75, 3.05) is 5.32 Å². The summed E-state index contributed by atoms with van der Waals surface area (Å²) in [5, 5.41) is 4.07. The van der Waals surface area contributed by atoms with Crippen LogP contribution in [-0.4, -0.2) is 0 Å². The SMILES string of the molecule is CC(Nc1c(F)cccc1Cl)c1cccc(Cl)c1. The second-order valence-corrected chi connectivity index (χ2v) is 4.86. The van der Waals surface area contributed by atoms with E-state index < -0.39 is 0 Å². The number of halogens is 3. The minimum Gasteiger partial charge on any atom is -0.375 e. The van der Waals surface area contributed by atoms with Crippen LogP contribution in [0.2, 0.25) is 10.0 Å². The molecule has 0 aromatic heterocycles. The number of rotatable bonds is 3.